The Hall–Kier alpha value is -2.66. The van der Waals surface area contributed by atoms with Gasteiger partial charge < -0.3 is 5.32 Å². The second-order valence-electron chi connectivity index (χ2n) is 5.45. The van der Waals surface area contributed by atoms with Gasteiger partial charge in [0.25, 0.3) is 0 Å². The molecule has 0 aliphatic heterocycles. The lowest BCUT2D eigenvalue weighted by molar-refractivity contribution is -0.136. The van der Waals surface area contributed by atoms with Gasteiger partial charge in [0.2, 0.25) is 0 Å². The fraction of sp³-hybridized carbons (Fsp3) is 0.167. The van der Waals surface area contributed by atoms with Gasteiger partial charge in [0.15, 0.2) is 0 Å². The van der Waals surface area contributed by atoms with E-state index in [4.69, 9.17) is 11.6 Å². The topological polar surface area (TPSA) is 70.6 Å². The van der Waals surface area contributed by atoms with E-state index in [2.05, 4.69) is 29.7 Å². The predicted molar refractivity (Wildman–Crippen MR) is 96.3 cm³/mol. The molecule has 2 aromatic carbocycles. The van der Waals surface area contributed by atoms with Gasteiger partial charge in [0.1, 0.15) is 0 Å². The van der Waals surface area contributed by atoms with Crippen molar-refractivity contribution in [2.24, 2.45) is 5.10 Å². The van der Waals surface area contributed by atoms with E-state index in [1.165, 1.54) is 6.21 Å². The molecule has 2 amide bonds. The van der Waals surface area contributed by atoms with Crippen molar-refractivity contribution in [3.05, 3.63) is 64.7 Å². The van der Waals surface area contributed by atoms with E-state index in [-0.39, 0.29) is 0 Å². The number of amides is 2. The summed E-state index contributed by atoms with van der Waals surface area (Å²) in [5, 5.41) is 6.75. The zero-order chi connectivity index (χ0) is 17.5. The van der Waals surface area contributed by atoms with Crippen molar-refractivity contribution in [1.82, 2.24) is 5.43 Å². The van der Waals surface area contributed by atoms with Crippen LogP contribution in [0.3, 0.4) is 0 Å². The van der Waals surface area contributed by atoms with E-state index in [9.17, 15) is 9.59 Å². The molecule has 6 heteroatoms. The largest absolute Gasteiger partial charge is 0.329 e. The summed E-state index contributed by atoms with van der Waals surface area (Å²) in [4.78, 5) is 23.5. The summed E-state index contributed by atoms with van der Waals surface area (Å²) < 4.78 is 0. The van der Waals surface area contributed by atoms with Crippen LogP contribution in [0.5, 0.6) is 0 Å². The average molecular weight is 344 g/mol. The molecular weight excluding hydrogens is 326 g/mol. The average Bonchev–Trinajstić information content (AvgIpc) is 2.57. The van der Waals surface area contributed by atoms with Crippen LogP contribution < -0.4 is 10.7 Å². The minimum absolute atomic E-state index is 0.400. The molecular formula is C18H18ClN3O2. The molecule has 2 aromatic rings. The number of rotatable bonds is 4. The summed E-state index contributed by atoms with van der Waals surface area (Å²) in [5.41, 5.74) is 4.52. The van der Waals surface area contributed by atoms with Crippen LogP contribution in [0.1, 0.15) is 30.9 Å². The number of halogens is 1. The van der Waals surface area contributed by atoms with Gasteiger partial charge in [-0.15, -0.1) is 0 Å². The highest BCUT2D eigenvalue weighted by atomic mass is 35.5. The fourth-order valence-corrected chi connectivity index (χ4v) is 2.11. The van der Waals surface area contributed by atoms with Crippen LogP contribution in [0, 0.1) is 0 Å². The summed E-state index contributed by atoms with van der Waals surface area (Å²) >= 11 is 5.96. The minimum Gasteiger partial charge on any atom is -0.318 e. The van der Waals surface area contributed by atoms with Crippen molar-refractivity contribution in [1.29, 1.82) is 0 Å². The first kappa shape index (κ1) is 17.7. The van der Waals surface area contributed by atoms with Gasteiger partial charge in [-0.05, 0) is 29.7 Å². The second-order valence-corrected chi connectivity index (χ2v) is 5.86. The Morgan fingerprint density at radius 3 is 2.33 bits per heavy atom. The van der Waals surface area contributed by atoms with Crippen LogP contribution in [-0.4, -0.2) is 18.0 Å². The van der Waals surface area contributed by atoms with Crippen molar-refractivity contribution < 1.29 is 9.59 Å². The number of nitrogens with one attached hydrogen (secondary N) is 2. The Morgan fingerprint density at radius 1 is 1.04 bits per heavy atom. The van der Waals surface area contributed by atoms with E-state index in [1.54, 1.807) is 36.4 Å². The van der Waals surface area contributed by atoms with E-state index >= 15 is 0 Å². The highest BCUT2D eigenvalue weighted by Gasteiger charge is 2.13. The summed E-state index contributed by atoms with van der Waals surface area (Å²) in [6, 6.07) is 14.4. The monoisotopic (exact) mass is 343 g/mol. The number of benzene rings is 2. The van der Waals surface area contributed by atoms with Crippen molar-refractivity contribution in [2.75, 3.05) is 5.32 Å². The number of nitrogens with zero attached hydrogens (tertiary/aromatic N) is 1. The van der Waals surface area contributed by atoms with Crippen LogP contribution in [0.2, 0.25) is 5.02 Å². The lowest BCUT2D eigenvalue weighted by Crippen LogP contribution is -2.32. The smallest absolute Gasteiger partial charge is 0.318 e. The molecule has 2 rings (SSSR count). The predicted octanol–water partition coefficient (Wildman–Crippen LogP) is 3.55. The molecule has 0 aromatic heterocycles. The van der Waals surface area contributed by atoms with Gasteiger partial charge in [0, 0.05) is 16.3 Å². The van der Waals surface area contributed by atoms with Crippen molar-refractivity contribution >= 4 is 35.3 Å². The Kier molecular flexibility index (Phi) is 6.09. The highest BCUT2D eigenvalue weighted by Crippen LogP contribution is 2.17. The van der Waals surface area contributed by atoms with E-state index in [0.717, 1.165) is 5.56 Å². The van der Waals surface area contributed by atoms with Crippen LogP contribution >= 0.6 is 11.6 Å². The highest BCUT2D eigenvalue weighted by molar-refractivity contribution is 6.39. The van der Waals surface area contributed by atoms with E-state index in [1.807, 2.05) is 12.1 Å². The molecule has 0 heterocycles. The molecule has 0 unspecified atom stereocenters. The third-order valence-corrected chi connectivity index (χ3v) is 3.66. The molecule has 0 spiro atoms. The maximum atomic E-state index is 11.8. The molecule has 124 valence electrons. The quantitative estimate of drug-likeness (QED) is 0.506. The van der Waals surface area contributed by atoms with Crippen LogP contribution in [0.15, 0.2) is 53.6 Å². The Labute approximate surface area is 145 Å². The van der Waals surface area contributed by atoms with Gasteiger partial charge in [-0.25, -0.2) is 5.43 Å². The molecule has 0 atom stereocenters. The van der Waals surface area contributed by atoms with Gasteiger partial charge in [-0.2, -0.15) is 5.10 Å². The number of hydrazone groups is 1. The van der Waals surface area contributed by atoms with Crippen molar-refractivity contribution in [3.8, 4) is 0 Å². The molecule has 5 nitrogen and oxygen atoms in total. The summed E-state index contributed by atoms with van der Waals surface area (Å²) in [5.74, 6) is -1.24. The molecule has 0 aliphatic carbocycles. The Bertz CT molecular complexity index is 755. The normalized spacial score (nSPS) is 10.8. The first-order chi connectivity index (χ1) is 11.5. The Balaban J connectivity index is 1.90. The van der Waals surface area contributed by atoms with Gasteiger partial charge in [-0.3, -0.25) is 9.59 Å². The molecule has 0 saturated heterocycles. The zero-order valence-electron chi connectivity index (χ0n) is 13.4. The summed E-state index contributed by atoms with van der Waals surface area (Å²) in [7, 11) is 0. The number of hydrogen-bond acceptors (Lipinski definition) is 3. The van der Waals surface area contributed by atoms with Gasteiger partial charge in [0.05, 0.1) is 6.21 Å². The maximum Gasteiger partial charge on any atom is 0.329 e. The first-order valence-electron chi connectivity index (χ1n) is 7.46. The SMILES string of the molecule is CC(C)c1ccc(NC(=O)C(=O)N/N=C\c2ccccc2Cl)cc1. The number of hydrogen-bond donors (Lipinski definition) is 2. The molecule has 0 fully saturated rings. The van der Waals surface area contributed by atoms with Gasteiger partial charge in [-0.1, -0.05) is 55.8 Å². The molecule has 2 N–H and O–H groups in total. The lowest BCUT2D eigenvalue weighted by Gasteiger charge is -2.07. The summed E-state index contributed by atoms with van der Waals surface area (Å²) in [6.45, 7) is 4.16. The molecule has 0 bridgehead atoms. The fourth-order valence-electron chi connectivity index (χ4n) is 1.93. The third-order valence-electron chi connectivity index (χ3n) is 3.32. The zero-order valence-corrected chi connectivity index (χ0v) is 14.2. The minimum atomic E-state index is -0.855. The third kappa shape index (κ3) is 4.93. The maximum absolute atomic E-state index is 11.8. The van der Waals surface area contributed by atoms with Crippen molar-refractivity contribution in [2.45, 2.75) is 19.8 Å². The van der Waals surface area contributed by atoms with Gasteiger partial charge >= 0.3 is 11.8 Å². The molecule has 0 aliphatic rings. The first-order valence-corrected chi connectivity index (χ1v) is 7.84. The second kappa shape index (κ2) is 8.26. The molecule has 0 saturated carbocycles. The van der Waals surface area contributed by atoms with E-state index in [0.29, 0.717) is 22.2 Å². The Morgan fingerprint density at radius 2 is 1.71 bits per heavy atom. The standard InChI is InChI=1S/C18H18ClN3O2/c1-12(2)13-7-9-15(10-8-13)21-17(23)18(24)22-20-11-14-5-3-4-6-16(14)19/h3-12H,1-2H3,(H,21,23)(H,22,24)/b20-11-. The lowest BCUT2D eigenvalue weighted by atomic mass is 10.0. The molecule has 0 radical (unpaired) electrons. The van der Waals surface area contributed by atoms with E-state index < -0.39 is 11.8 Å². The number of anilines is 1. The molecule has 24 heavy (non-hydrogen) atoms. The van der Waals surface area contributed by atoms with Crippen LogP contribution in [0.25, 0.3) is 0 Å². The number of carbonyl (C=O) groups excluding carboxylic acids is 2. The summed E-state index contributed by atoms with van der Waals surface area (Å²) in [6.07, 6.45) is 1.38. The van der Waals surface area contributed by atoms with Crippen LogP contribution in [-0.2, 0) is 9.59 Å². The number of carbonyl (C=O) groups is 2. The van der Waals surface area contributed by atoms with Crippen molar-refractivity contribution in [3.63, 3.8) is 0 Å². The van der Waals surface area contributed by atoms with Crippen LogP contribution in [0.4, 0.5) is 5.69 Å².